The molecule has 0 radical (unpaired) electrons. The van der Waals surface area contributed by atoms with E-state index >= 15 is 0 Å². The van der Waals surface area contributed by atoms with Crippen molar-refractivity contribution in [1.82, 2.24) is 10.2 Å². The fourth-order valence-electron chi connectivity index (χ4n) is 2.67. The maximum atomic E-state index is 12.2. The number of carbonyl (C=O) groups excluding carboxylic acids is 1. The molecule has 2 atom stereocenters. The average Bonchev–Trinajstić information content (AvgIpc) is 2.28. The van der Waals surface area contributed by atoms with Gasteiger partial charge in [0.15, 0.2) is 0 Å². The normalized spacial score (nSPS) is 20.0. The van der Waals surface area contributed by atoms with Crippen LogP contribution in [0.1, 0.15) is 40.0 Å². The Kier molecular flexibility index (Phi) is 6.72. The topological polar surface area (TPSA) is 58.4 Å². The van der Waals surface area contributed by atoms with E-state index in [1.165, 1.54) is 19.3 Å². The number of nitrogens with one attached hydrogen (secondary N) is 1. The zero-order valence-corrected chi connectivity index (χ0v) is 13.1. The van der Waals surface area contributed by atoms with Gasteiger partial charge in [0.1, 0.15) is 0 Å². The van der Waals surface area contributed by atoms with Crippen molar-refractivity contribution in [2.45, 2.75) is 46.1 Å². The third kappa shape index (κ3) is 5.45. The van der Waals surface area contributed by atoms with Crippen LogP contribution < -0.4 is 11.1 Å². The number of thiocarbonyl (C=S) groups is 1. The summed E-state index contributed by atoms with van der Waals surface area (Å²) in [4.78, 5) is 14.9. The second-order valence-electron chi connectivity index (χ2n) is 5.89. The summed E-state index contributed by atoms with van der Waals surface area (Å²) >= 11 is 4.99. The summed E-state index contributed by atoms with van der Waals surface area (Å²) in [5.74, 6) is -0.259. The van der Waals surface area contributed by atoms with Crippen molar-refractivity contribution in [2.75, 3.05) is 19.6 Å². The maximum absolute atomic E-state index is 12.2. The Morgan fingerprint density at radius 2 is 1.84 bits per heavy atom. The fourth-order valence-corrected chi connectivity index (χ4v) is 3.05. The van der Waals surface area contributed by atoms with Crippen molar-refractivity contribution in [2.24, 2.45) is 17.6 Å². The fraction of sp³-hybridized carbons (Fsp3) is 0.857. The molecule has 0 spiro atoms. The number of nitrogens with two attached hydrogens (primary N) is 1. The first kappa shape index (κ1) is 16.4. The number of hydrogen-bond donors (Lipinski definition) is 2. The molecule has 5 heteroatoms. The van der Waals surface area contributed by atoms with Crippen molar-refractivity contribution in [3.05, 3.63) is 0 Å². The van der Waals surface area contributed by atoms with E-state index in [0.29, 0.717) is 0 Å². The molecule has 110 valence electrons. The van der Waals surface area contributed by atoms with Crippen LogP contribution in [0.15, 0.2) is 0 Å². The quantitative estimate of drug-likeness (QED) is 0.727. The Labute approximate surface area is 122 Å². The highest BCUT2D eigenvalue weighted by molar-refractivity contribution is 7.80. The lowest BCUT2D eigenvalue weighted by Crippen LogP contribution is -2.48. The van der Waals surface area contributed by atoms with Gasteiger partial charge in [-0.15, -0.1) is 0 Å². The molecule has 0 bridgehead atoms. The van der Waals surface area contributed by atoms with Gasteiger partial charge in [-0.2, -0.15) is 0 Å². The number of piperidine rings is 1. The Balaban J connectivity index is 2.43. The standard InChI is InChI=1S/C14H27N3OS/c1-10(2)12(13(15)19)14(18)16-11(3)9-17-7-5-4-6-8-17/h10-12H,4-9H2,1-3H3,(H2,15,19)(H,16,18). The molecule has 1 aliphatic heterocycles. The van der Waals surface area contributed by atoms with E-state index in [4.69, 9.17) is 18.0 Å². The van der Waals surface area contributed by atoms with Crippen LogP contribution in [-0.4, -0.2) is 41.5 Å². The van der Waals surface area contributed by atoms with Crippen molar-refractivity contribution >= 4 is 23.1 Å². The molecular formula is C14H27N3OS. The molecule has 0 aromatic rings. The molecule has 19 heavy (non-hydrogen) atoms. The van der Waals surface area contributed by atoms with E-state index in [-0.39, 0.29) is 28.8 Å². The van der Waals surface area contributed by atoms with Gasteiger partial charge >= 0.3 is 0 Å². The summed E-state index contributed by atoms with van der Waals surface area (Å²) in [6, 6.07) is 0.140. The molecule has 0 aromatic heterocycles. The Morgan fingerprint density at radius 1 is 1.26 bits per heavy atom. The van der Waals surface area contributed by atoms with Gasteiger partial charge in [0.2, 0.25) is 5.91 Å². The van der Waals surface area contributed by atoms with Gasteiger partial charge in [-0.1, -0.05) is 32.5 Å². The highest BCUT2D eigenvalue weighted by Gasteiger charge is 2.26. The van der Waals surface area contributed by atoms with Gasteiger partial charge in [-0.25, -0.2) is 0 Å². The second-order valence-corrected chi connectivity index (χ2v) is 6.37. The SMILES string of the molecule is CC(CN1CCCCC1)NC(=O)C(C(N)=S)C(C)C. The predicted octanol–water partition coefficient (Wildman–Crippen LogP) is 1.54. The van der Waals surface area contributed by atoms with Gasteiger partial charge in [-0.05, 0) is 38.8 Å². The summed E-state index contributed by atoms with van der Waals surface area (Å²) < 4.78 is 0. The zero-order chi connectivity index (χ0) is 14.4. The number of likely N-dealkylation sites (tertiary alicyclic amines) is 1. The van der Waals surface area contributed by atoms with E-state index < -0.39 is 0 Å². The number of rotatable bonds is 6. The van der Waals surface area contributed by atoms with Crippen LogP contribution in [0.5, 0.6) is 0 Å². The van der Waals surface area contributed by atoms with Gasteiger partial charge in [0.05, 0.1) is 10.9 Å². The maximum Gasteiger partial charge on any atom is 0.230 e. The number of hydrogen-bond acceptors (Lipinski definition) is 3. The van der Waals surface area contributed by atoms with Gasteiger partial charge in [0, 0.05) is 12.6 Å². The first-order chi connectivity index (χ1) is 8.91. The molecule has 0 saturated carbocycles. The molecule has 4 nitrogen and oxygen atoms in total. The third-order valence-corrected chi connectivity index (χ3v) is 3.88. The number of carbonyl (C=O) groups is 1. The Bertz CT molecular complexity index is 314. The summed E-state index contributed by atoms with van der Waals surface area (Å²) in [6.45, 7) is 9.18. The molecule has 1 fully saturated rings. The van der Waals surface area contributed by atoms with E-state index in [1.807, 2.05) is 20.8 Å². The number of nitrogens with zero attached hydrogens (tertiary/aromatic N) is 1. The van der Waals surface area contributed by atoms with Crippen LogP contribution >= 0.6 is 12.2 Å². The molecule has 1 amide bonds. The summed E-state index contributed by atoms with van der Waals surface area (Å²) in [6.07, 6.45) is 3.86. The molecule has 1 heterocycles. The van der Waals surface area contributed by atoms with Crippen LogP contribution in [0, 0.1) is 11.8 Å². The van der Waals surface area contributed by atoms with Gasteiger partial charge in [0.25, 0.3) is 0 Å². The van der Waals surface area contributed by atoms with Gasteiger partial charge < -0.3 is 16.0 Å². The van der Waals surface area contributed by atoms with Crippen LogP contribution in [0.3, 0.4) is 0 Å². The molecule has 0 aliphatic carbocycles. The van der Waals surface area contributed by atoms with Gasteiger partial charge in [-0.3, -0.25) is 4.79 Å². The van der Waals surface area contributed by atoms with E-state index in [1.54, 1.807) is 0 Å². The summed E-state index contributed by atoms with van der Waals surface area (Å²) in [5.41, 5.74) is 5.66. The minimum absolute atomic E-state index is 0.0352. The average molecular weight is 285 g/mol. The smallest absolute Gasteiger partial charge is 0.230 e. The van der Waals surface area contributed by atoms with E-state index in [0.717, 1.165) is 19.6 Å². The molecular weight excluding hydrogens is 258 g/mol. The van der Waals surface area contributed by atoms with Crippen molar-refractivity contribution in [3.63, 3.8) is 0 Å². The second kappa shape index (κ2) is 7.80. The lowest BCUT2D eigenvalue weighted by Gasteiger charge is -2.30. The number of amides is 1. The van der Waals surface area contributed by atoms with Crippen molar-refractivity contribution in [1.29, 1.82) is 0 Å². The van der Waals surface area contributed by atoms with E-state index in [2.05, 4.69) is 10.2 Å². The van der Waals surface area contributed by atoms with Crippen molar-refractivity contribution < 1.29 is 4.79 Å². The molecule has 1 rings (SSSR count). The highest BCUT2D eigenvalue weighted by atomic mass is 32.1. The first-order valence-electron chi connectivity index (χ1n) is 7.24. The minimum Gasteiger partial charge on any atom is -0.393 e. The lowest BCUT2D eigenvalue weighted by molar-refractivity contribution is -0.124. The summed E-state index contributed by atoms with van der Waals surface area (Å²) in [5, 5.41) is 3.04. The Hall–Kier alpha value is -0.680. The van der Waals surface area contributed by atoms with E-state index in [9.17, 15) is 4.79 Å². The Morgan fingerprint density at radius 3 is 2.32 bits per heavy atom. The van der Waals surface area contributed by atoms with Crippen molar-refractivity contribution in [3.8, 4) is 0 Å². The van der Waals surface area contributed by atoms with Crippen LogP contribution in [0.2, 0.25) is 0 Å². The largest absolute Gasteiger partial charge is 0.393 e. The first-order valence-corrected chi connectivity index (χ1v) is 7.64. The van der Waals surface area contributed by atoms with Crippen LogP contribution in [0.4, 0.5) is 0 Å². The molecule has 3 N–H and O–H groups in total. The summed E-state index contributed by atoms with van der Waals surface area (Å²) in [7, 11) is 0. The lowest BCUT2D eigenvalue weighted by atomic mass is 9.94. The minimum atomic E-state index is -0.362. The molecule has 1 aliphatic rings. The highest BCUT2D eigenvalue weighted by Crippen LogP contribution is 2.13. The predicted molar refractivity (Wildman–Crippen MR) is 83.0 cm³/mol. The zero-order valence-electron chi connectivity index (χ0n) is 12.3. The molecule has 1 saturated heterocycles. The monoisotopic (exact) mass is 285 g/mol. The third-order valence-electron chi connectivity index (χ3n) is 3.63. The molecule has 2 unspecified atom stereocenters. The molecule has 0 aromatic carbocycles. The van der Waals surface area contributed by atoms with Crippen LogP contribution in [0.25, 0.3) is 0 Å². The van der Waals surface area contributed by atoms with Crippen LogP contribution in [-0.2, 0) is 4.79 Å².